The summed E-state index contributed by atoms with van der Waals surface area (Å²) in [5, 5.41) is 7.58. The molecule has 1 heterocycles. The molecule has 5 rings (SSSR count). The van der Waals surface area contributed by atoms with Crippen molar-refractivity contribution in [3.05, 3.63) is 126 Å². The molecule has 0 saturated carbocycles. The Labute approximate surface area is 271 Å². The largest absolute Gasteiger partial charge is 0.491 e. The highest BCUT2D eigenvalue weighted by atomic mass is 35.5. The predicted octanol–water partition coefficient (Wildman–Crippen LogP) is 6.83. The van der Waals surface area contributed by atoms with Crippen LogP contribution < -0.4 is 10.5 Å². The van der Waals surface area contributed by atoms with E-state index < -0.39 is 5.92 Å². The van der Waals surface area contributed by atoms with Crippen LogP contribution in [0.25, 0.3) is 11.1 Å². The van der Waals surface area contributed by atoms with Crippen molar-refractivity contribution in [1.82, 2.24) is 4.90 Å². The van der Waals surface area contributed by atoms with E-state index in [9.17, 15) is 9.59 Å². The van der Waals surface area contributed by atoms with Crippen molar-refractivity contribution in [2.75, 3.05) is 20.3 Å². The summed E-state index contributed by atoms with van der Waals surface area (Å²) in [7, 11) is 1.36. The van der Waals surface area contributed by atoms with Gasteiger partial charge in [-0.2, -0.15) is 0 Å². The average Bonchev–Trinajstić information content (AvgIpc) is 3.36. The van der Waals surface area contributed by atoms with E-state index in [4.69, 9.17) is 20.6 Å². The van der Waals surface area contributed by atoms with E-state index in [1.807, 2.05) is 65.6 Å². The quantitative estimate of drug-likeness (QED) is 0.0962. The van der Waals surface area contributed by atoms with Gasteiger partial charge < -0.3 is 20.1 Å². The maximum absolute atomic E-state index is 13.5. The average molecular weight is 626 g/mol. The van der Waals surface area contributed by atoms with Crippen LogP contribution in [0.15, 0.2) is 109 Å². The number of carbonyl (C=O) groups excluding carboxylic acids is 2. The number of nitrogens with one attached hydrogen (secondary N) is 1. The van der Waals surface area contributed by atoms with E-state index in [1.54, 1.807) is 0 Å². The molecule has 0 unspecified atom stereocenters. The molecular weight excluding hydrogens is 586 g/mol. The lowest BCUT2D eigenvalue weighted by atomic mass is 9.87. The fourth-order valence-corrected chi connectivity index (χ4v) is 6.02. The van der Waals surface area contributed by atoms with Gasteiger partial charge in [0.05, 0.1) is 25.5 Å². The minimum atomic E-state index is -0.407. The lowest BCUT2D eigenvalue weighted by molar-refractivity contribution is -0.144. The number of benzene rings is 4. The summed E-state index contributed by atoms with van der Waals surface area (Å²) < 4.78 is 11.1. The SMILES string of the molecule is COC(=O)C[C@@H]1C[C@@H](COc2ccc(-c3ccc(C(=N)N)cc3)cc2)N(CCCC(c2ccccc2)c2ccccc2)C1=O.Cl. The minimum absolute atomic E-state index is 0. The number of nitrogen functional groups attached to an aromatic ring is 1. The highest BCUT2D eigenvalue weighted by molar-refractivity contribution is 5.95. The van der Waals surface area contributed by atoms with E-state index in [-0.39, 0.29) is 48.5 Å². The molecule has 0 radical (unpaired) electrons. The number of halogens is 1. The van der Waals surface area contributed by atoms with Gasteiger partial charge in [0, 0.05) is 18.0 Å². The van der Waals surface area contributed by atoms with Crippen molar-refractivity contribution in [2.24, 2.45) is 11.7 Å². The van der Waals surface area contributed by atoms with Gasteiger partial charge in [-0.25, -0.2) is 0 Å². The molecule has 1 fully saturated rings. The molecule has 4 aromatic rings. The van der Waals surface area contributed by atoms with Gasteiger partial charge in [0.2, 0.25) is 5.91 Å². The maximum Gasteiger partial charge on any atom is 0.306 e. The third-order valence-corrected chi connectivity index (χ3v) is 8.39. The molecule has 0 aromatic heterocycles. The number of ether oxygens (including phenoxy) is 2. The minimum Gasteiger partial charge on any atom is -0.491 e. The van der Waals surface area contributed by atoms with Crippen LogP contribution in [-0.2, 0) is 14.3 Å². The third-order valence-electron chi connectivity index (χ3n) is 8.39. The van der Waals surface area contributed by atoms with Gasteiger partial charge in [0.15, 0.2) is 0 Å². The Kier molecular flexibility index (Phi) is 11.8. The molecule has 0 bridgehead atoms. The lowest BCUT2D eigenvalue weighted by Crippen LogP contribution is -2.38. The zero-order chi connectivity index (χ0) is 30.9. The first kappa shape index (κ1) is 33.3. The number of amidine groups is 1. The maximum atomic E-state index is 13.5. The molecule has 0 spiro atoms. The molecule has 1 saturated heterocycles. The fourth-order valence-electron chi connectivity index (χ4n) is 6.02. The molecule has 2 atom stereocenters. The first-order chi connectivity index (χ1) is 21.4. The number of amides is 1. The van der Waals surface area contributed by atoms with Crippen molar-refractivity contribution in [3.63, 3.8) is 0 Å². The van der Waals surface area contributed by atoms with Gasteiger partial charge in [-0.3, -0.25) is 15.0 Å². The van der Waals surface area contributed by atoms with Gasteiger partial charge in [0.1, 0.15) is 18.2 Å². The van der Waals surface area contributed by atoms with Gasteiger partial charge in [-0.15, -0.1) is 12.4 Å². The van der Waals surface area contributed by atoms with Crippen LogP contribution in [0.5, 0.6) is 5.75 Å². The van der Waals surface area contributed by atoms with E-state index in [0.717, 1.165) is 24.0 Å². The van der Waals surface area contributed by atoms with Crippen LogP contribution >= 0.6 is 12.4 Å². The van der Waals surface area contributed by atoms with Crippen LogP contribution in [-0.4, -0.2) is 48.9 Å². The molecule has 3 N–H and O–H groups in total. The number of methoxy groups -OCH3 is 1. The Morgan fingerprint density at radius 1 is 0.889 bits per heavy atom. The zero-order valence-electron chi connectivity index (χ0n) is 25.4. The highest BCUT2D eigenvalue weighted by Crippen LogP contribution is 2.32. The van der Waals surface area contributed by atoms with Crippen LogP contribution in [0.4, 0.5) is 0 Å². The summed E-state index contributed by atoms with van der Waals surface area (Å²) in [6, 6.07) is 36.2. The first-order valence-electron chi connectivity index (χ1n) is 15.1. The van der Waals surface area contributed by atoms with Gasteiger partial charge >= 0.3 is 5.97 Å². The van der Waals surface area contributed by atoms with Crippen molar-refractivity contribution in [2.45, 2.75) is 37.6 Å². The molecule has 1 aliphatic heterocycles. The van der Waals surface area contributed by atoms with Gasteiger partial charge in [-0.1, -0.05) is 97.1 Å². The molecule has 0 aliphatic carbocycles. The molecular formula is C37H40ClN3O4. The van der Waals surface area contributed by atoms with Crippen LogP contribution in [0.3, 0.4) is 0 Å². The topological polar surface area (TPSA) is 106 Å². The molecule has 1 amide bonds. The van der Waals surface area contributed by atoms with E-state index in [0.29, 0.717) is 30.9 Å². The number of hydrogen-bond donors (Lipinski definition) is 2. The Balaban J connectivity index is 0.00000461. The number of hydrogen-bond acceptors (Lipinski definition) is 5. The predicted molar refractivity (Wildman–Crippen MR) is 180 cm³/mol. The number of likely N-dealkylation sites (tertiary alicyclic amines) is 1. The van der Waals surface area contributed by atoms with Crippen molar-refractivity contribution in [1.29, 1.82) is 5.41 Å². The molecule has 7 nitrogen and oxygen atoms in total. The fraction of sp³-hybridized carbons (Fsp3) is 0.270. The van der Waals surface area contributed by atoms with Crippen LogP contribution in [0.1, 0.15) is 48.3 Å². The first-order valence-corrected chi connectivity index (χ1v) is 15.1. The lowest BCUT2D eigenvalue weighted by Gasteiger charge is -2.26. The van der Waals surface area contributed by atoms with Gasteiger partial charge in [0.25, 0.3) is 0 Å². The van der Waals surface area contributed by atoms with E-state index in [2.05, 4.69) is 48.5 Å². The summed E-state index contributed by atoms with van der Waals surface area (Å²) in [5.41, 5.74) is 10.8. The monoisotopic (exact) mass is 625 g/mol. The van der Waals surface area contributed by atoms with Crippen molar-refractivity contribution in [3.8, 4) is 16.9 Å². The normalized spacial score (nSPS) is 15.9. The van der Waals surface area contributed by atoms with Crippen molar-refractivity contribution < 1.29 is 19.1 Å². The van der Waals surface area contributed by atoms with E-state index >= 15 is 0 Å². The number of nitrogens with two attached hydrogens (primary N) is 1. The van der Waals surface area contributed by atoms with Gasteiger partial charge in [-0.05, 0) is 53.6 Å². The molecule has 45 heavy (non-hydrogen) atoms. The summed E-state index contributed by atoms with van der Waals surface area (Å²) in [6.45, 7) is 0.937. The second-order valence-corrected chi connectivity index (χ2v) is 11.2. The Morgan fingerprint density at radius 2 is 1.44 bits per heavy atom. The number of carbonyl (C=O) groups is 2. The summed E-state index contributed by atoms with van der Waals surface area (Å²) >= 11 is 0. The molecule has 4 aromatic carbocycles. The summed E-state index contributed by atoms with van der Waals surface area (Å²) in [5.74, 6) is 0.199. The number of rotatable bonds is 13. The summed E-state index contributed by atoms with van der Waals surface area (Å²) in [6.07, 6.45) is 2.34. The highest BCUT2D eigenvalue weighted by Gasteiger charge is 2.40. The molecule has 234 valence electrons. The summed E-state index contributed by atoms with van der Waals surface area (Å²) in [4.78, 5) is 27.5. The molecule has 1 aliphatic rings. The van der Waals surface area contributed by atoms with E-state index in [1.165, 1.54) is 18.2 Å². The smallest absolute Gasteiger partial charge is 0.306 e. The second-order valence-electron chi connectivity index (χ2n) is 11.2. The molecule has 8 heteroatoms. The van der Waals surface area contributed by atoms with Crippen LogP contribution in [0.2, 0.25) is 0 Å². The Hall–Kier alpha value is -4.62. The number of esters is 1. The standard InChI is InChI=1S/C37H39N3O4.ClH/c1-43-35(41)24-31-23-32(25-44-33-20-18-27(19-21-33)26-14-16-30(17-15-26)36(38)39)40(37(31)42)22-8-13-34(28-9-4-2-5-10-28)29-11-6-3-7-12-29;/h2-7,9-12,14-21,31-32,34H,8,13,22-25H2,1H3,(H3,38,39);1H/t31-,32-;/m0./s1. The zero-order valence-corrected chi connectivity index (χ0v) is 26.2. The Morgan fingerprint density at radius 3 is 1.98 bits per heavy atom. The Bertz CT molecular complexity index is 1510. The number of nitrogens with zero attached hydrogens (tertiary/aromatic N) is 1. The third kappa shape index (κ3) is 8.52. The van der Waals surface area contributed by atoms with Crippen LogP contribution in [0, 0.1) is 11.3 Å². The second kappa shape index (κ2) is 15.9. The van der Waals surface area contributed by atoms with Crippen molar-refractivity contribution >= 4 is 30.1 Å².